The van der Waals surface area contributed by atoms with Crippen molar-refractivity contribution in [2.75, 3.05) is 0 Å². The molecule has 15 heavy (non-hydrogen) atoms. The fraction of sp³-hybridized carbons (Fsp3) is 0.571. The summed E-state index contributed by atoms with van der Waals surface area (Å²) in [6, 6.07) is 5.13. The van der Waals surface area contributed by atoms with E-state index >= 15 is 0 Å². The predicted octanol–water partition coefficient (Wildman–Crippen LogP) is 4.61. The lowest BCUT2D eigenvalue weighted by Gasteiger charge is -1.95. The van der Waals surface area contributed by atoms with Crippen LogP contribution in [0.1, 0.15) is 45.7 Å². The molecule has 0 bridgehead atoms. The number of hydrogen-bond donors (Lipinski definition) is 0. The van der Waals surface area contributed by atoms with E-state index in [2.05, 4.69) is 6.92 Å². The average molecular weight is 210 g/mol. The molecular weight excluding hydrogens is 187 g/mol. The Morgan fingerprint density at radius 3 is 2.13 bits per heavy atom. The topological polar surface area (TPSA) is 0 Å². The molecular formula is C14H23F. The van der Waals surface area contributed by atoms with Gasteiger partial charge >= 0.3 is 0 Å². The molecule has 1 aromatic rings. The van der Waals surface area contributed by atoms with Crippen molar-refractivity contribution in [1.29, 1.82) is 0 Å². The van der Waals surface area contributed by atoms with Crippen LogP contribution >= 0.6 is 0 Å². The van der Waals surface area contributed by atoms with E-state index in [9.17, 15) is 4.39 Å². The van der Waals surface area contributed by atoms with Gasteiger partial charge in [-0.2, -0.15) is 0 Å². The Balaban J connectivity index is 0.000000442. The maximum absolute atomic E-state index is 12.7. The maximum Gasteiger partial charge on any atom is 0.123 e. The van der Waals surface area contributed by atoms with Crippen molar-refractivity contribution in [2.24, 2.45) is 5.92 Å². The lowest BCUT2D eigenvalue weighted by atomic mass is 10.1. The van der Waals surface area contributed by atoms with E-state index in [1.807, 2.05) is 33.8 Å². The number of halogens is 1. The Labute approximate surface area is 93.5 Å². The molecule has 1 unspecified atom stereocenters. The second kappa shape index (κ2) is 7.44. The highest BCUT2D eigenvalue weighted by Gasteiger charge is 2.17. The van der Waals surface area contributed by atoms with Gasteiger partial charge in [-0.15, -0.1) is 0 Å². The Bertz CT molecular complexity index is 279. The van der Waals surface area contributed by atoms with Crippen LogP contribution in [0.2, 0.25) is 0 Å². The van der Waals surface area contributed by atoms with Gasteiger partial charge in [-0.25, -0.2) is 4.39 Å². The minimum atomic E-state index is -0.0992. The average Bonchev–Trinajstić information content (AvgIpc) is 2.63. The second-order valence-electron chi connectivity index (χ2n) is 3.43. The normalized spacial score (nSPS) is 16.8. The molecule has 0 spiro atoms. The molecule has 0 heterocycles. The van der Waals surface area contributed by atoms with Crippen LogP contribution in [0.25, 0.3) is 0 Å². The standard InChI is InChI=1S/C10H11F.2C2H6/c1-7-4-8-2-3-10(11)6-9(8)5-7;2*1-2/h2-3,6-7H,4-5H2,1H3;2*1-2H3. The van der Waals surface area contributed by atoms with Gasteiger partial charge in [0.1, 0.15) is 5.82 Å². The number of rotatable bonds is 0. The van der Waals surface area contributed by atoms with Crippen LogP contribution in [0.15, 0.2) is 18.2 Å². The number of hydrogen-bond acceptors (Lipinski definition) is 0. The van der Waals surface area contributed by atoms with Gasteiger partial charge in [-0.3, -0.25) is 0 Å². The van der Waals surface area contributed by atoms with Crippen molar-refractivity contribution < 1.29 is 4.39 Å². The number of fused-ring (bicyclic) bond motifs is 1. The molecule has 1 aromatic carbocycles. The first-order valence-corrected chi connectivity index (χ1v) is 6.03. The van der Waals surface area contributed by atoms with Crippen LogP contribution < -0.4 is 0 Å². The zero-order valence-electron chi connectivity index (χ0n) is 10.6. The molecule has 0 amide bonds. The van der Waals surface area contributed by atoms with E-state index in [1.54, 1.807) is 12.1 Å². The van der Waals surface area contributed by atoms with Crippen molar-refractivity contribution in [3.63, 3.8) is 0 Å². The van der Waals surface area contributed by atoms with E-state index < -0.39 is 0 Å². The summed E-state index contributed by atoms with van der Waals surface area (Å²) in [4.78, 5) is 0. The number of benzene rings is 1. The summed E-state index contributed by atoms with van der Waals surface area (Å²) in [5.74, 6) is 0.602. The van der Waals surface area contributed by atoms with Gasteiger partial charge in [0.15, 0.2) is 0 Å². The van der Waals surface area contributed by atoms with Crippen molar-refractivity contribution >= 4 is 0 Å². The predicted molar refractivity (Wildman–Crippen MR) is 65.7 cm³/mol. The lowest BCUT2D eigenvalue weighted by molar-refractivity contribution is 0.618. The van der Waals surface area contributed by atoms with Crippen LogP contribution in [0, 0.1) is 11.7 Å². The molecule has 2 rings (SSSR count). The van der Waals surface area contributed by atoms with Crippen molar-refractivity contribution in [1.82, 2.24) is 0 Å². The molecule has 0 radical (unpaired) electrons. The third-order valence-corrected chi connectivity index (χ3v) is 2.31. The Morgan fingerprint density at radius 1 is 1.00 bits per heavy atom. The van der Waals surface area contributed by atoms with Crippen LogP contribution in [0.5, 0.6) is 0 Å². The molecule has 0 aromatic heterocycles. The smallest absolute Gasteiger partial charge is 0.123 e. The molecule has 1 heteroatoms. The van der Waals surface area contributed by atoms with E-state index in [4.69, 9.17) is 0 Å². The minimum Gasteiger partial charge on any atom is -0.207 e. The quantitative estimate of drug-likeness (QED) is 0.586. The fourth-order valence-electron chi connectivity index (χ4n) is 1.81. The van der Waals surface area contributed by atoms with Gasteiger partial charge in [0.25, 0.3) is 0 Å². The first kappa shape index (κ1) is 14.2. The Kier molecular flexibility index (Phi) is 7.02. The second-order valence-corrected chi connectivity index (χ2v) is 3.43. The first-order valence-electron chi connectivity index (χ1n) is 6.03. The molecule has 0 saturated carbocycles. The van der Waals surface area contributed by atoms with Crippen molar-refractivity contribution in [2.45, 2.75) is 47.5 Å². The van der Waals surface area contributed by atoms with Crippen molar-refractivity contribution in [3.8, 4) is 0 Å². The Hall–Kier alpha value is -0.850. The van der Waals surface area contributed by atoms with Crippen LogP contribution in [0.4, 0.5) is 4.39 Å². The molecule has 0 fully saturated rings. The van der Waals surface area contributed by atoms with Gasteiger partial charge < -0.3 is 0 Å². The van der Waals surface area contributed by atoms with Gasteiger partial charge in [-0.1, -0.05) is 40.7 Å². The zero-order valence-corrected chi connectivity index (χ0v) is 10.6. The summed E-state index contributed by atoms with van der Waals surface area (Å²) in [6.45, 7) is 10.2. The van der Waals surface area contributed by atoms with E-state index in [1.165, 1.54) is 11.1 Å². The highest BCUT2D eigenvalue weighted by atomic mass is 19.1. The van der Waals surface area contributed by atoms with Crippen LogP contribution in [-0.4, -0.2) is 0 Å². The molecule has 0 saturated heterocycles. The molecule has 1 atom stereocenters. The zero-order chi connectivity index (χ0) is 11.8. The lowest BCUT2D eigenvalue weighted by Crippen LogP contribution is -1.89. The third kappa shape index (κ3) is 4.03. The van der Waals surface area contributed by atoms with Crippen molar-refractivity contribution in [3.05, 3.63) is 35.1 Å². The third-order valence-electron chi connectivity index (χ3n) is 2.31. The first-order chi connectivity index (χ1) is 7.25. The SMILES string of the molecule is CC.CC.CC1Cc2ccc(F)cc2C1. The fourth-order valence-corrected chi connectivity index (χ4v) is 1.81. The van der Waals surface area contributed by atoms with Gasteiger partial charge in [0.05, 0.1) is 0 Å². The summed E-state index contributed by atoms with van der Waals surface area (Å²) in [5, 5.41) is 0. The maximum atomic E-state index is 12.7. The van der Waals surface area contributed by atoms with Gasteiger partial charge in [0.2, 0.25) is 0 Å². The van der Waals surface area contributed by atoms with Crippen LogP contribution in [0.3, 0.4) is 0 Å². The Morgan fingerprint density at radius 2 is 1.53 bits per heavy atom. The highest BCUT2D eigenvalue weighted by Crippen LogP contribution is 2.26. The van der Waals surface area contributed by atoms with Gasteiger partial charge in [-0.05, 0) is 42.0 Å². The van der Waals surface area contributed by atoms with Gasteiger partial charge in [0, 0.05) is 0 Å². The van der Waals surface area contributed by atoms with E-state index in [0.29, 0.717) is 5.92 Å². The minimum absolute atomic E-state index is 0.0992. The molecule has 1 aliphatic carbocycles. The molecule has 0 N–H and O–H groups in total. The summed E-state index contributed by atoms with van der Waals surface area (Å²) < 4.78 is 12.7. The largest absolute Gasteiger partial charge is 0.207 e. The highest BCUT2D eigenvalue weighted by molar-refractivity contribution is 5.32. The summed E-state index contributed by atoms with van der Waals surface area (Å²) >= 11 is 0. The summed E-state index contributed by atoms with van der Waals surface area (Å²) in [7, 11) is 0. The van der Waals surface area contributed by atoms with E-state index in [-0.39, 0.29) is 5.82 Å². The summed E-state index contributed by atoms with van der Waals surface area (Å²) in [5.41, 5.74) is 2.54. The van der Waals surface area contributed by atoms with E-state index in [0.717, 1.165) is 12.8 Å². The molecule has 0 aliphatic heterocycles. The van der Waals surface area contributed by atoms with Crippen LogP contribution in [-0.2, 0) is 12.8 Å². The molecule has 0 nitrogen and oxygen atoms in total. The summed E-state index contributed by atoms with van der Waals surface area (Å²) in [6.07, 6.45) is 2.17. The molecule has 1 aliphatic rings. The molecule has 86 valence electrons. The monoisotopic (exact) mass is 210 g/mol.